The average Bonchev–Trinajstić information content (AvgIpc) is 3.35. The molecular formula is C26H25F2N9O3S2. The highest BCUT2D eigenvalue weighted by molar-refractivity contribution is 7.89. The third-order valence-electron chi connectivity index (χ3n) is 8.12. The topological polar surface area (TPSA) is 150 Å². The molecule has 3 aliphatic rings. The van der Waals surface area contributed by atoms with E-state index in [0.29, 0.717) is 78.1 Å². The van der Waals surface area contributed by atoms with Crippen molar-refractivity contribution in [1.29, 1.82) is 5.26 Å². The fraction of sp³-hybridized carbons (Fsp3) is 0.462. The van der Waals surface area contributed by atoms with Crippen LogP contribution in [0.3, 0.4) is 0 Å². The molecule has 5 heterocycles. The Labute approximate surface area is 243 Å². The van der Waals surface area contributed by atoms with Crippen LogP contribution in [0.15, 0.2) is 29.4 Å². The third-order valence-corrected chi connectivity index (χ3v) is 10.6. The number of alkyl halides is 2. The van der Waals surface area contributed by atoms with Crippen LogP contribution in [-0.2, 0) is 14.8 Å². The smallest absolute Gasteiger partial charge is 0.291 e. The number of amides is 1. The maximum Gasteiger partial charge on any atom is 0.291 e. The van der Waals surface area contributed by atoms with E-state index in [9.17, 15) is 27.3 Å². The standard InChI is InChI=1S/C26H25F2N9O3S2/c1-14(2)23(38)36-11-25(12-36)9-35(10-25)20-18-16-4-3-15(42(39,40)34-26(8-29)5-6-26)7-17(16)37(21(18)31-13-30-20)24-33-32-22(41-24)19(27)28/h3-4,7,13-14,19,34H,5-6,9-12H2,1-2H3. The number of hydrogen-bond donors (Lipinski definition) is 1. The van der Waals surface area contributed by atoms with Crippen molar-refractivity contribution in [3.63, 3.8) is 0 Å². The zero-order valence-electron chi connectivity index (χ0n) is 22.6. The van der Waals surface area contributed by atoms with Gasteiger partial charge in [0.2, 0.25) is 21.1 Å². The van der Waals surface area contributed by atoms with Crippen LogP contribution in [0.25, 0.3) is 27.1 Å². The van der Waals surface area contributed by atoms with Crippen molar-refractivity contribution in [2.75, 3.05) is 31.1 Å². The molecule has 1 amide bonds. The zero-order valence-corrected chi connectivity index (χ0v) is 24.2. The van der Waals surface area contributed by atoms with Crippen LogP contribution in [-0.4, -0.2) is 75.7 Å². The molecule has 3 aromatic heterocycles. The number of carbonyl (C=O) groups is 1. The molecule has 16 heteroatoms. The Morgan fingerprint density at radius 2 is 1.88 bits per heavy atom. The Balaban J connectivity index is 1.32. The molecule has 2 saturated heterocycles. The summed E-state index contributed by atoms with van der Waals surface area (Å²) in [7, 11) is -4.07. The number of carbonyl (C=O) groups excluding carboxylic acids is 1. The number of hydrogen-bond acceptors (Lipinski definition) is 10. The first kappa shape index (κ1) is 27.0. The van der Waals surface area contributed by atoms with Crippen LogP contribution in [0.2, 0.25) is 0 Å². The molecule has 0 unspecified atom stereocenters. The summed E-state index contributed by atoms with van der Waals surface area (Å²) in [6.07, 6.45) is -0.596. The van der Waals surface area contributed by atoms with Gasteiger partial charge in [-0.2, -0.15) is 9.98 Å². The lowest BCUT2D eigenvalue weighted by molar-refractivity contribution is -0.148. The molecule has 1 spiro atoms. The number of aromatic nitrogens is 5. The summed E-state index contributed by atoms with van der Waals surface area (Å²) in [5, 5.41) is 17.9. The highest BCUT2D eigenvalue weighted by Crippen LogP contribution is 2.45. The second kappa shape index (κ2) is 9.09. The quantitative estimate of drug-likeness (QED) is 0.332. The molecule has 1 aliphatic carbocycles. The van der Waals surface area contributed by atoms with Crippen molar-refractivity contribution in [3.05, 3.63) is 29.5 Å². The molecule has 3 fully saturated rings. The average molecular weight is 614 g/mol. The Hall–Kier alpha value is -3.81. The number of nitrogens with one attached hydrogen (secondary N) is 1. The maximum absolute atomic E-state index is 13.5. The zero-order chi connectivity index (χ0) is 29.6. The lowest BCUT2D eigenvalue weighted by Crippen LogP contribution is -2.73. The fourth-order valence-corrected chi connectivity index (χ4v) is 7.99. The van der Waals surface area contributed by atoms with E-state index >= 15 is 0 Å². The minimum absolute atomic E-state index is 0.0159. The van der Waals surface area contributed by atoms with Gasteiger partial charge < -0.3 is 9.80 Å². The molecule has 0 bridgehead atoms. The van der Waals surface area contributed by atoms with Crippen molar-refractivity contribution in [2.45, 2.75) is 43.5 Å². The number of nitriles is 1. The molecule has 218 valence electrons. The SMILES string of the molecule is CC(C)C(=O)N1CC2(C1)CN(c1ncnc3c1c1ccc(S(=O)(=O)NC4(C#N)CC4)cc1n3-c1nnc(C(F)F)s1)C2. The second-order valence-electron chi connectivity index (χ2n) is 11.6. The van der Waals surface area contributed by atoms with Gasteiger partial charge in [-0.15, -0.1) is 10.2 Å². The number of fused-ring (bicyclic) bond motifs is 3. The van der Waals surface area contributed by atoms with Gasteiger partial charge in [0, 0.05) is 42.9 Å². The van der Waals surface area contributed by atoms with Gasteiger partial charge in [-0.05, 0) is 25.0 Å². The molecular weight excluding hydrogens is 588 g/mol. The molecule has 2 aliphatic heterocycles. The van der Waals surface area contributed by atoms with Gasteiger partial charge in [-0.1, -0.05) is 31.3 Å². The van der Waals surface area contributed by atoms with Crippen molar-refractivity contribution in [2.24, 2.45) is 11.3 Å². The van der Waals surface area contributed by atoms with E-state index in [0.717, 1.165) is 0 Å². The second-order valence-corrected chi connectivity index (χ2v) is 14.3. The number of benzene rings is 1. The highest BCUT2D eigenvalue weighted by atomic mass is 32.2. The molecule has 1 aromatic carbocycles. The Morgan fingerprint density at radius 1 is 1.14 bits per heavy atom. The lowest BCUT2D eigenvalue weighted by Gasteiger charge is -2.60. The predicted octanol–water partition coefficient (Wildman–Crippen LogP) is 3.00. The van der Waals surface area contributed by atoms with Crippen LogP contribution in [0, 0.1) is 22.7 Å². The third kappa shape index (κ3) is 4.13. The van der Waals surface area contributed by atoms with Crippen molar-refractivity contribution in [3.8, 4) is 11.2 Å². The minimum atomic E-state index is -4.07. The van der Waals surface area contributed by atoms with Gasteiger partial charge in [-0.3, -0.25) is 9.36 Å². The van der Waals surface area contributed by atoms with Crippen molar-refractivity contribution < 1.29 is 22.0 Å². The number of sulfonamides is 1. The summed E-state index contributed by atoms with van der Waals surface area (Å²) < 4.78 is 57.4. The molecule has 1 saturated carbocycles. The summed E-state index contributed by atoms with van der Waals surface area (Å²) in [5.41, 5.74) is -0.385. The number of nitrogens with zero attached hydrogens (tertiary/aromatic N) is 8. The van der Waals surface area contributed by atoms with Crippen LogP contribution in [0.4, 0.5) is 14.6 Å². The van der Waals surface area contributed by atoms with Crippen LogP contribution in [0.1, 0.15) is 38.1 Å². The summed E-state index contributed by atoms with van der Waals surface area (Å²) in [6, 6.07) is 6.54. The first-order valence-electron chi connectivity index (χ1n) is 13.3. The summed E-state index contributed by atoms with van der Waals surface area (Å²) >= 11 is 0.688. The van der Waals surface area contributed by atoms with E-state index in [4.69, 9.17) is 0 Å². The predicted molar refractivity (Wildman–Crippen MR) is 149 cm³/mol. The number of anilines is 1. The number of likely N-dealkylation sites (tertiary alicyclic amines) is 1. The monoisotopic (exact) mass is 613 g/mol. The largest absolute Gasteiger partial charge is 0.354 e. The van der Waals surface area contributed by atoms with E-state index in [1.165, 1.54) is 23.0 Å². The number of rotatable bonds is 7. The lowest BCUT2D eigenvalue weighted by atomic mass is 9.72. The van der Waals surface area contributed by atoms with Gasteiger partial charge in [-0.25, -0.2) is 27.2 Å². The summed E-state index contributed by atoms with van der Waals surface area (Å²) in [4.78, 5) is 25.3. The molecule has 12 nitrogen and oxygen atoms in total. The first-order valence-corrected chi connectivity index (χ1v) is 15.6. The Morgan fingerprint density at radius 3 is 2.50 bits per heavy atom. The van der Waals surface area contributed by atoms with Crippen LogP contribution in [0.5, 0.6) is 0 Å². The molecule has 0 radical (unpaired) electrons. The Kier molecular flexibility index (Phi) is 5.86. The maximum atomic E-state index is 13.5. The highest BCUT2D eigenvalue weighted by Gasteiger charge is 2.54. The van der Waals surface area contributed by atoms with Gasteiger partial charge >= 0.3 is 0 Å². The molecule has 1 N–H and O–H groups in total. The molecule has 7 rings (SSSR count). The van der Waals surface area contributed by atoms with E-state index < -0.39 is 27.0 Å². The van der Waals surface area contributed by atoms with E-state index in [2.05, 4.69) is 29.8 Å². The normalized spacial score (nSPS) is 19.0. The van der Waals surface area contributed by atoms with Gasteiger partial charge in [0.25, 0.3) is 6.43 Å². The minimum Gasteiger partial charge on any atom is -0.354 e. The van der Waals surface area contributed by atoms with E-state index in [-0.39, 0.29) is 27.3 Å². The first-order chi connectivity index (χ1) is 19.9. The number of halogens is 2. The van der Waals surface area contributed by atoms with Crippen LogP contribution >= 0.6 is 11.3 Å². The molecule has 0 atom stereocenters. The summed E-state index contributed by atoms with van der Waals surface area (Å²) in [5.74, 6) is 0.696. The summed E-state index contributed by atoms with van der Waals surface area (Å²) in [6.45, 7) is 6.47. The van der Waals surface area contributed by atoms with Gasteiger partial charge in [0.15, 0.2) is 10.7 Å². The molecule has 4 aromatic rings. The molecule has 42 heavy (non-hydrogen) atoms. The van der Waals surface area contributed by atoms with Crippen molar-refractivity contribution in [1.82, 2.24) is 34.4 Å². The van der Waals surface area contributed by atoms with E-state index in [1.54, 1.807) is 6.07 Å². The van der Waals surface area contributed by atoms with Gasteiger partial charge in [0.1, 0.15) is 17.7 Å². The van der Waals surface area contributed by atoms with Crippen LogP contribution < -0.4 is 9.62 Å². The van der Waals surface area contributed by atoms with Gasteiger partial charge in [0.05, 0.1) is 21.9 Å². The Bertz CT molecular complexity index is 1910. The van der Waals surface area contributed by atoms with Crippen molar-refractivity contribution >= 4 is 55.0 Å². The fourth-order valence-electron chi connectivity index (χ4n) is 5.88. The van der Waals surface area contributed by atoms with E-state index in [1.807, 2.05) is 24.8 Å².